The normalized spacial score (nSPS) is 9.47. The maximum Gasteiger partial charge on any atom is 0.344 e. The van der Waals surface area contributed by atoms with Crippen LogP contribution in [0.15, 0.2) is 24.3 Å². The Labute approximate surface area is 98.9 Å². The lowest BCUT2D eigenvalue weighted by Gasteiger charge is -2.08. The predicted octanol–water partition coefficient (Wildman–Crippen LogP) is 1.46. The maximum atomic E-state index is 11.4. The first-order chi connectivity index (χ1) is 8.19. The fraction of sp³-hybridized carbons (Fsp3) is 0.250. The molecule has 0 aromatic heterocycles. The zero-order chi connectivity index (χ0) is 12.7. The molecule has 1 rings (SSSR count). The van der Waals surface area contributed by atoms with E-state index in [1.54, 1.807) is 25.1 Å². The van der Waals surface area contributed by atoms with E-state index in [1.807, 2.05) is 0 Å². The number of hydrogen-bond donors (Lipinski definition) is 1. The summed E-state index contributed by atoms with van der Waals surface area (Å²) in [6.45, 7) is 1.73. The lowest BCUT2D eigenvalue weighted by Crippen LogP contribution is -2.16. The summed E-state index contributed by atoms with van der Waals surface area (Å²) in [6, 6.07) is 6.44. The number of ketones is 1. The molecule has 1 aromatic rings. The van der Waals surface area contributed by atoms with E-state index in [0.717, 1.165) is 0 Å². The molecule has 0 aliphatic heterocycles. The molecule has 0 fully saturated rings. The Balaban J connectivity index is 2.73. The Morgan fingerprint density at radius 2 is 2.06 bits per heavy atom. The molecule has 0 heterocycles. The van der Waals surface area contributed by atoms with Crippen LogP contribution in [0.1, 0.15) is 17.3 Å². The Kier molecular flexibility index (Phi) is 4.87. The fourth-order valence-electron chi connectivity index (χ4n) is 1.21. The third-order valence-electron chi connectivity index (χ3n) is 1.93. The highest BCUT2D eigenvalue weighted by Crippen LogP contribution is 2.17. The average molecular weight is 235 g/mol. The van der Waals surface area contributed by atoms with Crippen molar-refractivity contribution in [3.8, 4) is 5.75 Å². The molecule has 17 heavy (non-hydrogen) atoms. The first kappa shape index (κ1) is 12.9. The van der Waals surface area contributed by atoms with Crippen LogP contribution in [0.25, 0.3) is 0 Å². The summed E-state index contributed by atoms with van der Waals surface area (Å²) in [5.41, 5.74) is 0.256. The van der Waals surface area contributed by atoms with E-state index in [-0.39, 0.29) is 24.5 Å². The zero-order valence-electron chi connectivity index (χ0n) is 9.43. The van der Waals surface area contributed by atoms with Crippen molar-refractivity contribution >= 4 is 18.0 Å². The summed E-state index contributed by atoms with van der Waals surface area (Å²) in [5.74, 6) is -0.692. The summed E-state index contributed by atoms with van der Waals surface area (Å²) in [6.07, 6.45) is 0.701. The van der Waals surface area contributed by atoms with E-state index in [4.69, 9.17) is 14.9 Å². The summed E-state index contributed by atoms with van der Waals surface area (Å²) in [5, 5.41) is 6.90. The maximum absolute atomic E-state index is 11.4. The quantitative estimate of drug-likeness (QED) is 0.460. The molecule has 0 bridgehead atoms. The van der Waals surface area contributed by atoms with Crippen molar-refractivity contribution in [2.24, 2.45) is 0 Å². The summed E-state index contributed by atoms with van der Waals surface area (Å²) >= 11 is 0. The predicted molar refractivity (Wildman–Crippen MR) is 61.7 cm³/mol. The van der Waals surface area contributed by atoms with Crippen LogP contribution in [0, 0.1) is 5.41 Å². The van der Waals surface area contributed by atoms with Crippen molar-refractivity contribution in [2.45, 2.75) is 6.92 Å². The summed E-state index contributed by atoms with van der Waals surface area (Å²) in [7, 11) is 0. The molecule has 5 nitrogen and oxygen atoms in total. The average Bonchev–Trinajstić information content (AvgIpc) is 2.36. The number of benzene rings is 1. The lowest BCUT2D eigenvalue weighted by molar-refractivity contribution is -0.145. The topological polar surface area (TPSA) is 76.5 Å². The molecule has 0 atom stereocenters. The van der Waals surface area contributed by atoms with Gasteiger partial charge in [0.1, 0.15) is 5.75 Å². The smallest absolute Gasteiger partial charge is 0.344 e. The van der Waals surface area contributed by atoms with Gasteiger partial charge in [-0.05, 0) is 19.1 Å². The third kappa shape index (κ3) is 3.71. The van der Waals surface area contributed by atoms with Gasteiger partial charge in [-0.1, -0.05) is 12.1 Å². The molecule has 0 saturated heterocycles. The number of carbonyl (C=O) groups is 2. The Hall–Kier alpha value is -2.17. The molecule has 5 heteroatoms. The molecular formula is C12H13NO4. The number of hydrogen-bond acceptors (Lipinski definition) is 5. The fourth-order valence-corrected chi connectivity index (χ4v) is 1.21. The van der Waals surface area contributed by atoms with Crippen molar-refractivity contribution in [1.29, 1.82) is 5.41 Å². The molecule has 1 aromatic carbocycles. The van der Waals surface area contributed by atoms with Crippen molar-refractivity contribution in [3.63, 3.8) is 0 Å². The number of Topliss-reactive ketones (excluding diaryl/α,β-unsaturated/α-hetero) is 1. The highest BCUT2D eigenvalue weighted by atomic mass is 16.6. The molecule has 0 amide bonds. The van der Waals surface area contributed by atoms with E-state index in [1.165, 1.54) is 6.07 Å². The summed E-state index contributed by atoms with van der Waals surface area (Å²) in [4.78, 5) is 22.5. The number of esters is 1. The first-order valence-corrected chi connectivity index (χ1v) is 5.11. The second kappa shape index (κ2) is 6.42. The standard InChI is InChI=1S/C12H13NO4/c1-2-16-12(15)8-17-11-6-4-3-5-9(11)10(14)7-13/h3-7,13H,2,8H2,1H3. The largest absolute Gasteiger partial charge is 0.481 e. The van der Waals surface area contributed by atoms with Gasteiger partial charge in [-0.2, -0.15) is 0 Å². The number of ether oxygens (including phenoxy) is 2. The van der Waals surface area contributed by atoms with Gasteiger partial charge in [0, 0.05) is 0 Å². The molecule has 0 unspecified atom stereocenters. The van der Waals surface area contributed by atoms with Crippen LogP contribution < -0.4 is 4.74 Å². The van der Waals surface area contributed by atoms with Crippen molar-refractivity contribution < 1.29 is 19.1 Å². The van der Waals surface area contributed by atoms with Gasteiger partial charge in [0.2, 0.25) is 5.78 Å². The minimum atomic E-state index is -0.496. The Morgan fingerprint density at radius 3 is 2.71 bits per heavy atom. The number of nitrogens with one attached hydrogen (secondary N) is 1. The van der Waals surface area contributed by atoms with E-state index >= 15 is 0 Å². The van der Waals surface area contributed by atoms with E-state index < -0.39 is 11.8 Å². The van der Waals surface area contributed by atoms with Crippen LogP contribution >= 0.6 is 0 Å². The van der Waals surface area contributed by atoms with Gasteiger partial charge >= 0.3 is 5.97 Å². The molecule has 0 saturated carbocycles. The highest BCUT2D eigenvalue weighted by Gasteiger charge is 2.11. The summed E-state index contributed by atoms with van der Waals surface area (Å²) < 4.78 is 9.87. The molecule has 1 N–H and O–H groups in total. The van der Waals surface area contributed by atoms with Crippen LogP contribution in [-0.4, -0.2) is 31.2 Å². The van der Waals surface area contributed by atoms with Crippen molar-refractivity contribution in [3.05, 3.63) is 29.8 Å². The molecule has 0 aliphatic carbocycles. The number of carbonyl (C=O) groups excluding carboxylic acids is 2. The highest BCUT2D eigenvalue weighted by molar-refractivity contribution is 6.35. The van der Waals surface area contributed by atoms with Gasteiger partial charge in [0.05, 0.1) is 18.4 Å². The number of rotatable bonds is 6. The second-order valence-corrected chi connectivity index (χ2v) is 3.10. The minimum Gasteiger partial charge on any atom is -0.481 e. The Morgan fingerprint density at radius 1 is 1.35 bits per heavy atom. The third-order valence-corrected chi connectivity index (χ3v) is 1.93. The van der Waals surface area contributed by atoms with Crippen LogP contribution in [0.3, 0.4) is 0 Å². The second-order valence-electron chi connectivity index (χ2n) is 3.10. The van der Waals surface area contributed by atoms with E-state index in [0.29, 0.717) is 6.21 Å². The zero-order valence-corrected chi connectivity index (χ0v) is 9.43. The van der Waals surface area contributed by atoms with Gasteiger partial charge < -0.3 is 14.9 Å². The van der Waals surface area contributed by atoms with Gasteiger partial charge in [-0.25, -0.2) is 4.79 Å². The van der Waals surface area contributed by atoms with Crippen LogP contribution in [0.2, 0.25) is 0 Å². The van der Waals surface area contributed by atoms with Crippen LogP contribution in [0.5, 0.6) is 5.75 Å². The van der Waals surface area contributed by atoms with Gasteiger partial charge in [0.25, 0.3) is 0 Å². The van der Waals surface area contributed by atoms with Gasteiger partial charge in [-0.15, -0.1) is 0 Å². The van der Waals surface area contributed by atoms with Crippen LogP contribution in [0.4, 0.5) is 0 Å². The molecule has 0 aliphatic rings. The number of para-hydroxylation sites is 1. The SMILES string of the molecule is CCOC(=O)COc1ccccc1C(=O)C=N. The minimum absolute atomic E-state index is 0.254. The monoisotopic (exact) mass is 235 g/mol. The first-order valence-electron chi connectivity index (χ1n) is 5.11. The van der Waals surface area contributed by atoms with Gasteiger partial charge in [0.15, 0.2) is 6.61 Å². The molecule has 0 radical (unpaired) electrons. The molecule has 90 valence electrons. The van der Waals surface area contributed by atoms with E-state index in [2.05, 4.69) is 0 Å². The van der Waals surface area contributed by atoms with Gasteiger partial charge in [-0.3, -0.25) is 4.79 Å². The van der Waals surface area contributed by atoms with Crippen molar-refractivity contribution in [2.75, 3.05) is 13.2 Å². The molecule has 0 spiro atoms. The lowest BCUT2D eigenvalue weighted by atomic mass is 10.1. The van der Waals surface area contributed by atoms with E-state index in [9.17, 15) is 9.59 Å². The Bertz CT molecular complexity index is 428. The van der Waals surface area contributed by atoms with Crippen molar-refractivity contribution in [1.82, 2.24) is 0 Å². The van der Waals surface area contributed by atoms with Crippen LogP contribution in [-0.2, 0) is 9.53 Å². The molecular weight excluding hydrogens is 222 g/mol.